The Morgan fingerprint density at radius 3 is 2.21 bits per heavy atom. The Bertz CT molecular complexity index is 1080. The first-order valence-electron chi connectivity index (χ1n) is 8.12. The Kier molecular flexibility index (Phi) is 6.08. The average Bonchev–Trinajstić information content (AvgIpc) is 2.70. The van der Waals surface area contributed by atoms with E-state index in [9.17, 15) is 13.2 Å². The standard InChI is InChI=1S/C20H15ClN2O4S/c21-17-8-12-19(13-9-17)28(25,26)23-22-14-15-6-10-18(11-7-15)27-20(24)16-4-2-1-3-5-16/h1-14,23H/b22-14+. The van der Waals surface area contributed by atoms with E-state index in [1.807, 2.05) is 6.07 Å². The minimum Gasteiger partial charge on any atom is -0.423 e. The molecule has 0 aliphatic heterocycles. The highest BCUT2D eigenvalue weighted by Gasteiger charge is 2.12. The molecule has 0 atom stereocenters. The first-order chi connectivity index (χ1) is 13.4. The minimum absolute atomic E-state index is 0.0530. The molecule has 0 aromatic heterocycles. The topological polar surface area (TPSA) is 84.8 Å². The van der Waals surface area contributed by atoms with Gasteiger partial charge < -0.3 is 4.74 Å². The van der Waals surface area contributed by atoms with Crippen molar-refractivity contribution in [2.45, 2.75) is 4.90 Å². The van der Waals surface area contributed by atoms with Crippen LogP contribution >= 0.6 is 11.6 Å². The molecule has 1 N–H and O–H groups in total. The van der Waals surface area contributed by atoms with Crippen LogP contribution in [0.4, 0.5) is 0 Å². The summed E-state index contributed by atoms with van der Waals surface area (Å²) in [6.07, 6.45) is 1.34. The number of carbonyl (C=O) groups is 1. The molecular formula is C20H15ClN2O4S. The van der Waals surface area contributed by atoms with Crippen molar-refractivity contribution < 1.29 is 17.9 Å². The monoisotopic (exact) mass is 414 g/mol. The van der Waals surface area contributed by atoms with Gasteiger partial charge in [0.15, 0.2) is 0 Å². The quantitative estimate of drug-likeness (QED) is 0.287. The molecule has 28 heavy (non-hydrogen) atoms. The number of sulfonamides is 1. The van der Waals surface area contributed by atoms with E-state index in [-0.39, 0.29) is 4.90 Å². The smallest absolute Gasteiger partial charge is 0.343 e. The first-order valence-corrected chi connectivity index (χ1v) is 9.98. The van der Waals surface area contributed by atoms with Crippen LogP contribution in [0.3, 0.4) is 0 Å². The molecule has 0 spiro atoms. The van der Waals surface area contributed by atoms with Crippen LogP contribution in [0.1, 0.15) is 15.9 Å². The van der Waals surface area contributed by atoms with Gasteiger partial charge >= 0.3 is 5.97 Å². The van der Waals surface area contributed by atoms with Crippen LogP contribution in [-0.2, 0) is 10.0 Å². The molecule has 0 aliphatic rings. The SMILES string of the molecule is O=C(Oc1ccc(/C=N/NS(=O)(=O)c2ccc(Cl)cc2)cc1)c1ccccc1. The van der Waals surface area contributed by atoms with Gasteiger partial charge in [-0.2, -0.15) is 13.5 Å². The molecule has 0 aliphatic carbocycles. The van der Waals surface area contributed by atoms with Gasteiger partial charge in [0, 0.05) is 5.02 Å². The van der Waals surface area contributed by atoms with Gasteiger partial charge in [0.2, 0.25) is 0 Å². The zero-order valence-electron chi connectivity index (χ0n) is 14.4. The van der Waals surface area contributed by atoms with Crippen LogP contribution in [-0.4, -0.2) is 20.6 Å². The highest BCUT2D eigenvalue weighted by Crippen LogP contribution is 2.15. The fourth-order valence-electron chi connectivity index (χ4n) is 2.20. The molecule has 0 saturated carbocycles. The van der Waals surface area contributed by atoms with Gasteiger partial charge in [-0.1, -0.05) is 29.8 Å². The number of rotatable bonds is 6. The molecular weight excluding hydrogens is 400 g/mol. The number of hydrazone groups is 1. The molecule has 0 unspecified atom stereocenters. The summed E-state index contributed by atoms with van der Waals surface area (Å²) in [7, 11) is -3.78. The molecule has 142 valence electrons. The van der Waals surface area contributed by atoms with Gasteiger partial charge in [0.25, 0.3) is 10.0 Å². The van der Waals surface area contributed by atoms with Crippen molar-refractivity contribution in [1.29, 1.82) is 0 Å². The van der Waals surface area contributed by atoms with Gasteiger partial charge in [-0.25, -0.2) is 9.63 Å². The number of benzene rings is 3. The molecule has 8 heteroatoms. The lowest BCUT2D eigenvalue weighted by Gasteiger charge is -2.05. The molecule has 6 nitrogen and oxygen atoms in total. The fraction of sp³-hybridized carbons (Fsp3) is 0. The first kappa shape index (κ1) is 19.6. The lowest BCUT2D eigenvalue weighted by atomic mass is 10.2. The number of hydrogen-bond acceptors (Lipinski definition) is 5. The molecule has 0 saturated heterocycles. The second-order valence-corrected chi connectivity index (χ2v) is 7.73. The molecule has 0 amide bonds. The maximum Gasteiger partial charge on any atom is 0.343 e. The van der Waals surface area contributed by atoms with Gasteiger partial charge in [0.1, 0.15) is 5.75 Å². The van der Waals surface area contributed by atoms with E-state index in [0.717, 1.165) is 0 Å². The second kappa shape index (κ2) is 8.69. The zero-order valence-corrected chi connectivity index (χ0v) is 16.0. The lowest BCUT2D eigenvalue weighted by molar-refractivity contribution is 0.0734. The van der Waals surface area contributed by atoms with Crippen molar-refractivity contribution in [1.82, 2.24) is 4.83 Å². The summed E-state index contributed by atoms with van der Waals surface area (Å²) >= 11 is 5.75. The number of nitrogens with one attached hydrogen (secondary N) is 1. The predicted molar refractivity (Wildman–Crippen MR) is 107 cm³/mol. The normalized spacial score (nSPS) is 11.3. The van der Waals surface area contributed by atoms with Crippen molar-refractivity contribution in [2.75, 3.05) is 0 Å². The van der Waals surface area contributed by atoms with Crippen LogP contribution in [0.15, 0.2) is 88.9 Å². The van der Waals surface area contributed by atoms with E-state index in [2.05, 4.69) is 9.93 Å². The van der Waals surface area contributed by atoms with Gasteiger partial charge in [-0.15, -0.1) is 0 Å². The van der Waals surface area contributed by atoms with Crippen LogP contribution in [0, 0.1) is 0 Å². The van der Waals surface area contributed by atoms with Crippen molar-refractivity contribution >= 4 is 33.8 Å². The molecule has 0 bridgehead atoms. The van der Waals surface area contributed by atoms with E-state index in [4.69, 9.17) is 16.3 Å². The van der Waals surface area contributed by atoms with Crippen molar-refractivity contribution in [3.8, 4) is 5.75 Å². The van der Waals surface area contributed by atoms with Gasteiger partial charge in [-0.3, -0.25) is 0 Å². The maximum atomic E-state index is 12.1. The van der Waals surface area contributed by atoms with Crippen LogP contribution in [0.25, 0.3) is 0 Å². The summed E-state index contributed by atoms with van der Waals surface area (Å²) in [5, 5.41) is 4.19. The van der Waals surface area contributed by atoms with Gasteiger partial charge in [0.05, 0.1) is 16.7 Å². The second-order valence-electron chi connectivity index (χ2n) is 5.63. The summed E-state index contributed by atoms with van der Waals surface area (Å²) in [5.41, 5.74) is 1.07. The summed E-state index contributed by atoms with van der Waals surface area (Å²) in [6.45, 7) is 0. The largest absolute Gasteiger partial charge is 0.423 e. The number of nitrogens with zero attached hydrogens (tertiary/aromatic N) is 1. The highest BCUT2D eigenvalue weighted by molar-refractivity contribution is 7.89. The van der Waals surface area contributed by atoms with E-state index in [0.29, 0.717) is 21.9 Å². The third-order valence-electron chi connectivity index (χ3n) is 3.61. The molecule has 0 radical (unpaired) electrons. The maximum absolute atomic E-state index is 12.1. The lowest BCUT2D eigenvalue weighted by Crippen LogP contribution is -2.18. The Morgan fingerprint density at radius 1 is 0.929 bits per heavy atom. The van der Waals surface area contributed by atoms with Crippen LogP contribution in [0.2, 0.25) is 5.02 Å². The zero-order chi connectivity index (χ0) is 20.0. The van der Waals surface area contributed by atoms with Crippen molar-refractivity contribution in [3.63, 3.8) is 0 Å². The van der Waals surface area contributed by atoms with Crippen LogP contribution < -0.4 is 9.57 Å². The highest BCUT2D eigenvalue weighted by atomic mass is 35.5. The van der Waals surface area contributed by atoms with Gasteiger partial charge in [-0.05, 0) is 66.2 Å². The number of esters is 1. The molecule has 0 heterocycles. The van der Waals surface area contributed by atoms with E-state index >= 15 is 0 Å². The van der Waals surface area contributed by atoms with E-state index in [1.54, 1.807) is 48.5 Å². The summed E-state index contributed by atoms with van der Waals surface area (Å²) < 4.78 is 29.5. The number of halogens is 1. The van der Waals surface area contributed by atoms with E-state index < -0.39 is 16.0 Å². The molecule has 3 aromatic rings. The Balaban J connectivity index is 1.61. The van der Waals surface area contributed by atoms with E-state index in [1.165, 1.54) is 30.5 Å². The third kappa shape index (κ3) is 5.18. The van der Waals surface area contributed by atoms with Crippen molar-refractivity contribution in [2.24, 2.45) is 5.10 Å². The Hall–Kier alpha value is -3.16. The summed E-state index contributed by atoms with van der Waals surface area (Å²) in [4.78, 5) is 14.2. The Labute approximate surface area is 167 Å². The number of hydrogen-bond donors (Lipinski definition) is 1. The molecule has 0 fully saturated rings. The van der Waals surface area contributed by atoms with Crippen molar-refractivity contribution in [3.05, 3.63) is 95.0 Å². The number of carbonyl (C=O) groups excluding carboxylic acids is 1. The number of ether oxygens (including phenoxy) is 1. The average molecular weight is 415 g/mol. The molecule has 3 aromatic carbocycles. The minimum atomic E-state index is -3.78. The fourth-order valence-corrected chi connectivity index (χ4v) is 3.12. The summed E-state index contributed by atoms with van der Waals surface area (Å²) in [5.74, 6) is -0.0921. The Morgan fingerprint density at radius 2 is 1.57 bits per heavy atom. The third-order valence-corrected chi connectivity index (χ3v) is 5.10. The summed E-state index contributed by atoms with van der Waals surface area (Å²) in [6, 6.07) is 20.9. The molecule has 3 rings (SSSR count). The predicted octanol–water partition coefficient (Wildman–Crippen LogP) is 3.87. The van der Waals surface area contributed by atoms with Crippen LogP contribution in [0.5, 0.6) is 5.75 Å².